The number of hydrogen-bond donors (Lipinski definition) is 1. The maximum Gasteiger partial charge on any atom is 0.271 e. The van der Waals surface area contributed by atoms with Gasteiger partial charge in [-0.2, -0.15) is 5.10 Å². The summed E-state index contributed by atoms with van der Waals surface area (Å²) >= 11 is 1.59. The van der Waals surface area contributed by atoms with Crippen LogP contribution in [-0.2, 0) is 6.61 Å². The van der Waals surface area contributed by atoms with Crippen LogP contribution in [0.4, 0.5) is 0 Å². The fraction of sp³-hybridized carbons (Fsp3) is 0.100. The lowest BCUT2D eigenvalue weighted by Crippen LogP contribution is -2.19. The zero-order chi connectivity index (χ0) is 17.5. The minimum atomic E-state index is -0.230. The molecule has 0 aliphatic rings. The first kappa shape index (κ1) is 16.9. The number of rotatable bonds is 6. The summed E-state index contributed by atoms with van der Waals surface area (Å²) < 4.78 is 5.69. The first-order valence-electron chi connectivity index (χ1n) is 7.87. The second-order valence-corrected chi connectivity index (χ2v) is 6.36. The van der Waals surface area contributed by atoms with E-state index in [9.17, 15) is 4.79 Å². The molecule has 2 aromatic carbocycles. The number of para-hydroxylation sites is 1. The van der Waals surface area contributed by atoms with Gasteiger partial charge in [0.2, 0.25) is 0 Å². The highest BCUT2D eigenvalue weighted by Gasteiger charge is 2.06. The van der Waals surface area contributed by atoms with Crippen molar-refractivity contribution in [1.29, 1.82) is 0 Å². The number of carbonyl (C=O) groups is 1. The van der Waals surface area contributed by atoms with Crippen molar-refractivity contribution in [2.75, 3.05) is 0 Å². The van der Waals surface area contributed by atoms with E-state index in [0.717, 1.165) is 21.9 Å². The summed E-state index contributed by atoms with van der Waals surface area (Å²) in [6.07, 6.45) is 0. The number of thiophene rings is 1. The number of ether oxygens (including phenoxy) is 1. The highest BCUT2D eigenvalue weighted by atomic mass is 32.1. The molecule has 0 unspecified atom stereocenters. The molecule has 1 heterocycles. The quantitative estimate of drug-likeness (QED) is 0.526. The lowest BCUT2D eigenvalue weighted by Gasteiger charge is -2.07. The lowest BCUT2D eigenvalue weighted by atomic mass is 10.1. The number of carbonyl (C=O) groups excluding carboxylic acids is 1. The molecule has 1 amide bonds. The SMILES string of the molecule is C/C(=N/NC(=O)c1ccc(COc2ccccc2)cc1)c1cccs1. The van der Waals surface area contributed by atoms with E-state index >= 15 is 0 Å². The van der Waals surface area contributed by atoms with Crippen LogP contribution >= 0.6 is 11.3 Å². The maximum atomic E-state index is 12.2. The fourth-order valence-electron chi connectivity index (χ4n) is 2.17. The van der Waals surface area contributed by atoms with Gasteiger partial charge in [0.15, 0.2) is 0 Å². The number of nitrogens with one attached hydrogen (secondary N) is 1. The second kappa shape index (κ2) is 8.26. The number of amides is 1. The normalized spacial score (nSPS) is 11.2. The zero-order valence-electron chi connectivity index (χ0n) is 13.8. The Bertz CT molecular complexity index is 841. The van der Waals surface area contributed by atoms with E-state index < -0.39 is 0 Å². The minimum absolute atomic E-state index is 0.230. The Morgan fingerprint density at radius 1 is 1.04 bits per heavy atom. The van der Waals surface area contributed by atoms with Gasteiger partial charge in [0.1, 0.15) is 12.4 Å². The third-order valence-corrected chi connectivity index (χ3v) is 4.55. The van der Waals surface area contributed by atoms with Gasteiger partial charge >= 0.3 is 0 Å². The first-order valence-corrected chi connectivity index (χ1v) is 8.75. The molecule has 25 heavy (non-hydrogen) atoms. The third-order valence-electron chi connectivity index (χ3n) is 3.57. The maximum absolute atomic E-state index is 12.2. The zero-order valence-corrected chi connectivity index (χ0v) is 14.6. The Morgan fingerprint density at radius 2 is 1.80 bits per heavy atom. The average Bonchev–Trinajstić information content (AvgIpc) is 3.20. The molecule has 0 fully saturated rings. The molecule has 1 N–H and O–H groups in total. The smallest absolute Gasteiger partial charge is 0.271 e. The summed E-state index contributed by atoms with van der Waals surface area (Å²) in [5.41, 5.74) is 4.94. The van der Waals surface area contributed by atoms with Gasteiger partial charge in [-0.3, -0.25) is 4.79 Å². The molecule has 0 saturated heterocycles. The van der Waals surface area contributed by atoms with E-state index in [-0.39, 0.29) is 5.91 Å². The molecule has 0 aliphatic carbocycles. The van der Waals surface area contributed by atoms with Crippen molar-refractivity contribution in [3.63, 3.8) is 0 Å². The molecule has 0 spiro atoms. The van der Waals surface area contributed by atoms with E-state index in [2.05, 4.69) is 10.5 Å². The van der Waals surface area contributed by atoms with Crippen LogP contribution in [0.5, 0.6) is 5.75 Å². The van der Waals surface area contributed by atoms with Crippen LogP contribution in [-0.4, -0.2) is 11.6 Å². The van der Waals surface area contributed by atoms with E-state index in [4.69, 9.17) is 4.74 Å². The summed E-state index contributed by atoms with van der Waals surface area (Å²) in [6, 6.07) is 20.9. The molecule has 0 atom stereocenters. The minimum Gasteiger partial charge on any atom is -0.489 e. The largest absolute Gasteiger partial charge is 0.489 e. The standard InChI is InChI=1S/C20H18N2O2S/c1-15(19-8-5-13-25-19)21-22-20(23)17-11-9-16(10-12-17)14-24-18-6-3-2-4-7-18/h2-13H,14H2,1H3,(H,22,23)/b21-15-. The number of hydrogen-bond acceptors (Lipinski definition) is 4. The Hall–Kier alpha value is -2.92. The highest BCUT2D eigenvalue weighted by molar-refractivity contribution is 7.12. The number of nitrogens with zero attached hydrogens (tertiary/aromatic N) is 1. The van der Waals surface area contributed by atoms with Crippen LogP contribution < -0.4 is 10.2 Å². The van der Waals surface area contributed by atoms with Crippen molar-refractivity contribution in [3.8, 4) is 5.75 Å². The molecule has 3 rings (SSSR count). The van der Waals surface area contributed by atoms with Gasteiger partial charge in [0, 0.05) is 10.4 Å². The van der Waals surface area contributed by atoms with Gasteiger partial charge < -0.3 is 4.74 Å². The topological polar surface area (TPSA) is 50.7 Å². The van der Waals surface area contributed by atoms with Crippen LogP contribution in [0.1, 0.15) is 27.7 Å². The molecule has 5 heteroatoms. The van der Waals surface area contributed by atoms with Gasteiger partial charge in [-0.1, -0.05) is 36.4 Å². The average molecular weight is 350 g/mol. The van der Waals surface area contributed by atoms with Gasteiger partial charge in [-0.25, -0.2) is 5.43 Å². The van der Waals surface area contributed by atoms with Crippen LogP contribution in [0.25, 0.3) is 0 Å². The van der Waals surface area contributed by atoms with Crippen molar-refractivity contribution in [2.24, 2.45) is 5.10 Å². The van der Waals surface area contributed by atoms with E-state index in [1.54, 1.807) is 23.5 Å². The summed E-state index contributed by atoms with van der Waals surface area (Å²) in [7, 11) is 0. The molecule has 0 bridgehead atoms. The lowest BCUT2D eigenvalue weighted by molar-refractivity contribution is 0.0955. The molecule has 0 saturated carbocycles. The Balaban J connectivity index is 1.56. The van der Waals surface area contributed by atoms with Crippen molar-refractivity contribution in [1.82, 2.24) is 5.43 Å². The number of benzene rings is 2. The molecule has 4 nitrogen and oxygen atoms in total. The van der Waals surface area contributed by atoms with Crippen LogP contribution in [0.15, 0.2) is 77.2 Å². The van der Waals surface area contributed by atoms with Crippen LogP contribution in [0.3, 0.4) is 0 Å². The van der Waals surface area contributed by atoms with Gasteiger partial charge in [-0.15, -0.1) is 11.3 Å². The molecule has 0 aliphatic heterocycles. The van der Waals surface area contributed by atoms with Gasteiger partial charge in [0.05, 0.1) is 5.71 Å². The van der Waals surface area contributed by atoms with Crippen LogP contribution in [0, 0.1) is 0 Å². The Morgan fingerprint density at radius 3 is 2.48 bits per heavy atom. The molecule has 126 valence electrons. The fourth-order valence-corrected chi connectivity index (χ4v) is 2.85. The first-order chi connectivity index (χ1) is 12.2. The van der Waals surface area contributed by atoms with Gasteiger partial charge in [-0.05, 0) is 48.2 Å². The van der Waals surface area contributed by atoms with E-state index in [1.165, 1.54) is 0 Å². The molecular weight excluding hydrogens is 332 g/mol. The summed E-state index contributed by atoms with van der Waals surface area (Å²) in [4.78, 5) is 13.2. The van der Waals surface area contributed by atoms with Crippen molar-refractivity contribution < 1.29 is 9.53 Å². The predicted octanol–water partition coefficient (Wildman–Crippen LogP) is 4.48. The monoisotopic (exact) mass is 350 g/mol. The Kier molecular flexibility index (Phi) is 5.59. The van der Waals surface area contributed by atoms with Crippen LogP contribution in [0.2, 0.25) is 0 Å². The molecular formula is C20H18N2O2S. The molecule has 3 aromatic rings. The van der Waals surface area contributed by atoms with Gasteiger partial charge in [0.25, 0.3) is 5.91 Å². The van der Waals surface area contributed by atoms with E-state index in [0.29, 0.717) is 12.2 Å². The van der Waals surface area contributed by atoms with Crippen molar-refractivity contribution in [3.05, 3.63) is 88.1 Å². The summed E-state index contributed by atoms with van der Waals surface area (Å²) in [5.74, 6) is 0.592. The number of hydrazone groups is 1. The summed E-state index contributed by atoms with van der Waals surface area (Å²) in [5, 5.41) is 6.12. The highest BCUT2D eigenvalue weighted by Crippen LogP contribution is 2.13. The van der Waals surface area contributed by atoms with E-state index in [1.807, 2.05) is 66.9 Å². The van der Waals surface area contributed by atoms with Crippen molar-refractivity contribution in [2.45, 2.75) is 13.5 Å². The third kappa shape index (κ3) is 4.78. The predicted molar refractivity (Wildman–Crippen MR) is 101 cm³/mol. The summed E-state index contributed by atoms with van der Waals surface area (Å²) in [6.45, 7) is 2.33. The second-order valence-electron chi connectivity index (χ2n) is 5.41. The Labute approximate surface area is 150 Å². The molecule has 1 aromatic heterocycles. The molecule has 0 radical (unpaired) electrons. The van der Waals surface area contributed by atoms with Crippen molar-refractivity contribution >= 4 is 23.0 Å².